The van der Waals surface area contributed by atoms with Crippen molar-refractivity contribution >= 4 is 5.97 Å². The molecule has 1 saturated heterocycles. The zero-order chi connectivity index (χ0) is 8.82. The average Bonchev–Trinajstić information content (AvgIpc) is 2.61. The van der Waals surface area contributed by atoms with E-state index >= 15 is 0 Å². The Hall–Kier alpha value is 0.390. The van der Waals surface area contributed by atoms with Crippen LogP contribution in [0, 0.1) is 5.41 Å². The molecule has 68 valence electrons. The molecule has 0 aromatic heterocycles. The standard InChI is InChI=1S/C8H12O4.Na/c9-4-8-2-1-7(3-8,5-12-8)6(10)11;/h9H,1-5H2,(H,10,11);/q;+1/p-1. The van der Waals surface area contributed by atoms with E-state index in [1.54, 1.807) is 0 Å². The number of carbonyl (C=O) groups is 1. The first kappa shape index (κ1) is 11.5. The van der Waals surface area contributed by atoms with Crippen molar-refractivity contribution in [3.05, 3.63) is 0 Å². The summed E-state index contributed by atoms with van der Waals surface area (Å²) >= 11 is 0. The molecule has 0 radical (unpaired) electrons. The van der Waals surface area contributed by atoms with Crippen molar-refractivity contribution < 1.29 is 49.3 Å². The Balaban J connectivity index is 0.000000845. The van der Waals surface area contributed by atoms with E-state index in [1.807, 2.05) is 0 Å². The Kier molecular flexibility index (Phi) is 3.10. The number of ether oxygens (including phenoxy) is 1. The smallest absolute Gasteiger partial charge is 0.549 e. The monoisotopic (exact) mass is 194 g/mol. The SMILES string of the molecule is O=C([O-])C12CCC(CO)(C1)OC2.[Na+]. The third-order valence-corrected chi connectivity index (χ3v) is 3.10. The second-order valence-electron chi connectivity index (χ2n) is 3.87. The summed E-state index contributed by atoms with van der Waals surface area (Å²) in [6.07, 6.45) is 1.63. The van der Waals surface area contributed by atoms with Crippen molar-refractivity contribution in [2.45, 2.75) is 24.9 Å². The van der Waals surface area contributed by atoms with Crippen LogP contribution in [-0.2, 0) is 9.53 Å². The molecule has 1 saturated carbocycles. The van der Waals surface area contributed by atoms with Gasteiger partial charge in [-0.3, -0.25) is 0 Å². The molecule has 1 N–H and O–H groups in total. The van der Waals surface area contributed by atoms with Gasteiger partial charge in [-0.2, -0.15) is 0 Å². The van der Waals surface area contributed by atoms with Crippen LogP contribution in [0.3, 0.4) is 0 Å². The average molecular weight is 194 g/mol. The van der Waals surface area contributed by atoms with Crippen LogP contribution in [0.25, 0.3) is 0 Å². The van der Waals surface area contributed by atoms with Gasteiger partial charge in [0.15, 0.2) is 0 Å². The fourth-order valence-corrected chi connectivity index (χ4v) is 2.21. The van der Waals surface area contributed by atoms with E-state index in [-0.39, 0.29) is 42.8 Å². The summed E-state index contributed by atoms with van der Waals surface area (Å²) < 4.78 is 5.28. The molecule has 2 unspecified atom stereocenters. The topological polar surface area (TPSA) is 69.6 Å². The summed E-state index contributed by atoms with van der Waals surface area (Å²) in [5.74, 6) is -1.03. The first-order valence-electron chi connectivity index (χ1n) is 4.09. The molecular formula is C8H11NaO4. The van der Waals surface area contributed by atoms with Gasteiger partial charge in [0.25, 0.3) is 0 Å². The number of fused-ring (bicyclic) bond motifs is 2. The van der Waals surface area contributed by atoms with Gasteiger partial charge in [-0.1, -0.05) is 0 Å². The molecule has 0 spiro atoms. The zero-order valence-corrected chi connectivity index (χ0v) is 9.71. The number of carboxylic acids is 1. The summed E-state index contributed by atoms with van der Waals surface area (Å²) in [7, 11) is 0. The minimum atomic E-state index is -1.03. The van der Waals surface area contributed by atoms with Crippen LogP contribution in [0.1, 0.15) is 19.3 Å². The van der Waals surface area contributed by atoms with Gasteiger partial charge in [-0.25, -0.2) is 0 Å². The number of aliphatic hydroxyl groups excluding tert-OH is 1. The van der Waals surface area contributed by atoms with E-state index in [2.05, 4.69) is 0 Å². The number of rotatable bonds is 2. The molecule has 5 heteroatoms. The van der Waals surface area contributed by atoms with E-state index < -0.39 is 17.0 Å². The van der Waals surface area contributed by atoms with Gasteiger partial charge in [0, 0.05) is 11.4 Å². The van der Waals surface area contributed by atoms with Crippen molar-refractivity contribution in [2.24, 2.45) is 5.41 Å². The maximum Gasteiger partial charge on any atom is 1.00 e. The second-order valence-corrected chi connectivity index (χ2v) is 3.87. The molecule has 1 aliphatic heterocycles. The molecule has 4 nitrogen and oxygen atoms in total. The quantitative estimate of drug-likeness (QED) is 0.451. The van der Waals surface area contributed by atoms with Crippen molar-refractivity contribution in [1.82, 2.24) is 0 Å². The Morgan fingerprint density at radius 3 is 2.46 bits per heavy atom. The minimum absolute atomic E-state index is 0. The van der Waals surface area contributed by atoms with Gasteiger partial charge in [-0.15, -0.1) is 0 Å². The molecule has 2 fully saturated rings. The first-order valence-corrected chi connectivity index (χ1v) is 4.09. The van der Waals surface area contributed by atoms with Crippen LogP contribution >= 0.6 is 0 Å². The Labute approximate surface area is 98.6 Å². The van der Waals surface area contributed by atoms with E-state index in [9.17, 15) is 9.90 Å². The summed E-state index contributed by atoms with van der Waals surface area (Å²) in [5.41, 5.74) is -1.37. The van der Waals surface area contributed by atoms with Crippen LogP contribution < -0.4 is 34.7 Å². The number of aliphatic hydroxyl groups is 1. The number of hydrogen-bond acceptors (Lipinski definition) is 4. The van der Waals surface area contributed by atoms with Gasteiger partial charge in [0.2, 0.25) is 0 Å². The molecule has 0 aromatic carbocycles. The van der Waals surface area contributed by atoms with E-state index in [0.717, 1.165) is 0 Å². The van der Waals surface area contributed by atoms with E-state index in [1.165, 1.54) is 0 Å². The zero-order valence-electron chi connectivity index (χ0n) is 7.71. The second kappa shape index (κ2) is 3.51. The van der Waals surface area contributed by atoms with Gasteiger partial charge >= 0.3 is 29.6 Å². The number of aliphatic carboxylic acids is 1. The fourth-order valence-electron chi connectivity index (χ4n) is 2.21. The van der Waals surface area contributed by atoms with Crippen LogP contribution in [0.15, 0.2) is 0 Å². The summed E-state index contributed by atoms with van der Waals surface area (Å²) in [6, 6.07) is 0. The van der Waals surface area contributed by atoms with E-state index in [0.29, 0.717) is 19.3 Å². The third kappa shape index (κ3) is 1.55. The molecule has 2 bridgehead atoms. The van der Waals surface area contributed by atoms with Crippen LogP contribution in [-0.4, -0.2) is 29.9 Å². The van der Waals surface area contributed by atoms with Gasteiger partial charge in [-0.05, 0) is 19.3 Å². The van der Waals surface area contributed by atoms with Crippen molar-refractivity contribution in [1.29, 1.82) is 0 Å². The summed E-state index contributed by atoms with van der Waals surface area (Å²) in [6.45, 7) is 0.123. The first-order chi connectivity index (χ1) is 5.63. The van der Waals surface area contributed by atoms with Gasteiger partial charge < -0.3 is 19.7 Å². The predicted molar refractivity (Wildman–Crippen MR) is 37.1 cm³/mol. The fraction of sp³-hybridized carbons (Fsp3) is 0.875. The largest absolute Gasteiger partial charge is 1.00 e. The van der Waals surface area contributed by atoms with Gasteiger partial charge in [0.05, 0.1) is 18.8 Å². The maximum atomic E-state index is 10.8. The number of carbonyl (C=O) groups excluding carboxylic acids is 1. The predicted octanol–water partition coefficient (Wildman–Crippen LogP) is -4.33. The van der Waals surface area contributed by atoms with Crippen LogP contribution in [0.5, 0.6) is 0 Å². The molecule has 2 rings (SSSR count). The molecule has 0 aromatic rings. The number of carboxylic acid groups (broad SMARTS) is 1. The van der Waals surface area contributed by atoms with E-state index in [4.69, 9.17) is 9.84 Å². The maximum absolute atomic E-state index is 10.8. The van der Waals surface area contributed by atoms with Crippen molar-refractivity contribution in [3.8, 4) is 0 Å². The summed E-state index contributed by atoms with van der Waals surface area (Å²) in [5, 5.41) is 19.8. The normalized spacial score (nSPS) is 41.6. The van der Waals surface area contributed by atoms with Gasteiger partial charge in [0.1, 0.15) is 0 Å². The molecular weight excluding hydrogens is 183 g/mol. The minimum Gasteiger partial charge on any atom is -0.549 e. The number of hydrogen-bond donors (Lipinski definition) is 1. The van der Waals surface area contributed by atoms with Crippen LogP contribution in [0.4, 0.5) is 0 Å². The Morgan fingerprint density at radius 2 is 2.23 bits per heavy atom. The van der Waals surface area contributed by atoms with Crippen LogP contribution in [0.2, 0.25) is 0 Å². The third-order valence-electron chi connectivity index (χ3n) is 3.10. The molecule has 1 heterocycles. The molecule has 2 aliphatic rings. The van der Waals surface area contributed by atoms with Crippen molar-refractivity contribution in [3.63, 3.8) is 0 Å². The molecule has 1 aliphatic carbocycles. The Morgan fingerprint density at radius 1 is 1.54 bits per heavy atom. The molecule has 13 heavy (non-hydrogen) atoms. The van der Waals surface area contributed by atoms with Crippen molar-refractivity contribution in [2.75, 3.05) is 13.2 Å². The Bertz CT molecular complexity index is 220. The molecule has 0 amide bonds. The summed E-state index contributed by atoms with van der Waals surface area (Å²) in [4.78, 5) is 10.8. The molecule has 2 atom stereocenters.